The topological polar surface area (TPSA) is 35.6 Å². The lowest BCUT2D eigenvalue weighted by molar-refractivity contribution is -0.126. The van der Waals surface area contributed by atoms with Crippen LogP contribution in [0.25, 0.3) is 0 Å². The summed E-state index contributed by atoms with van der Waals surface area (Å²) in [6, 6.07) is 15.2. The Morgan fingerprint density at radius 1 is 0.867 bits per heavy atom. The number of likely N-dealkylation sites (tertiary alicyclic amines) is 2. The van der Waals surface area contributed by atoms with Crippen molar-refractivity contribution < 1.29 is 9.18 Å². The number of nitrogens with zero attached hydrogens (tertiary/aromatic N) is 2. The van der Waals surface area contributed by atoms with E-state index in [9.17, 15) is 9.18 Å². The minimum Gasteiger partial charge on any atom is -0.352 e. The van der Waals surface area contributed by atoms with Gasteiger partial charge in [0.2, 0.25) is 5.91 Å². The third-order valence-corrected chi connectivity index (χ3v) is 6.44. The van der Waals surface area contributed by atoms with Crippen LogP contribution in [0.5, 0.6) is 0 Å². The minimum atomic E-state index is -0.198. The third kappa shape index (κ3) is 5.67. The molecule has 0 bridgehead atoms. The van der Waals surface area contributed by atoms with Crippen LogP contribution in [0.2, 0.25) is 0 Å². The summed E-state index contributed by atoms with van der Waals surface area (Å²) in [5.74, 6) is 0.0590. The normalized spacial score (nSPS) is 18.6. The van der Waals surface area contributed by atoms with Gasteiger partial charge in [-0.05, 0) is 80.7 Å². The second-order valence-electron chi connectivity index (χ2n) is 8.65. The quantitative estimate of drug-likeness (QED) is 0.752. The maximum atomic E-state index is 13.1. The first-order valence-electron chi connectivity index (χ1n) is 11.2. The zero-order valence-electron chi connectivity index (χ0n) is 17.7. The molecule has 0 unspecified atom stereocenters. The Morgan fingerprint density at radius 3 is 2.20 bits per heavy atom. The molecule has 2 aliphatic rings. The van der Waals surface area contributed by atoms with Crippen LogP contribution in [0, 0.1) is 11.7 Å². The highest BCUT2D eigenvalue weighted by Crippen LogP contribution is 2.20. The molecule has 0 saturated carbocycles. The van der Waals surface area contributed by atoms with Gasteiger partial charge in [-0.25, -0.2) is 4.39 Å². The molecule has 0 atom stereocenters. The number of benzene rings is 2. The van der Waals surface area contributed by atoms with Gasteiger partial charge in [-0.15, -0.1) is 0 Å². The largest absolute Gasteiger partial charge is 0.352 e. The van der Waals surface area contributed by atoms with Gasteiger partial charge in [-0.3, -0.25) is 14.6 Å². The molecule has 1 N–H and O–H groups in total. The highest BCUT2D eigenvalue weighted by Gasteiger charge is 2.25. The first-order chi connectivity index (χ1) is 14.7. The third-order valence-electron chi connectivity index (χ3n) is 6.44. The number of rotatable bonds is 7. The molecular weight excluding hydrogens is 377 g/mol. The molecule has 160 valence electrons. The van der Waals surface area contributed by atoms with E-state index in [1.165, 1.54) is 49.2 Å². The second kappa shape index (κ2) is 10.2. The van der Waals surface area contributed by atoms with E-state index in [0.717, 1.165) is 44.6 Å². The molecule has 2 saturated heterocycles. The summed E-state index contributed by atoms with van der Waals surface area (Å²) < 4.78 is 13.1. The lowest BCUT2D eigenvalue weighted by atomic mass is 9.95. The molecule has 2 aromatic rings. The summed E-state index contributed by atoms with van der Waals surface area (Å²) >= 11 is 0. The van der Waals surface area contributed by atoms with Crippen LogP contribution in [0.4, 0.5) is 4.39 Å². The Morgan fingerprint density at radius 2 is 1.50 bits per heavy atom. The number of carbonyl (C=O) groups is 1. The van der Waals surface area contributed by atoms with E-state index in [1.807, 2.05) is 12.1 Å². The van der Waals surface area contributed by atoms with E-state index < -0.39 is 0 Å². The second-order valence-corrected chi connectivity index (χ2v) is 8.65. The zero-order chi connectivity index (χ0) is 20.8. The minimum absolute atomic E-state index is 0.0835. The van der Waals surface area contributed by atoms with Crippen molar-refractivity contribution >= 4 is 5.91 Å². The summed E-state index contributed by atoms with van der Waals surface area (Å²) in [6.45, 7) is 6.57. The summed E-state index contributed by atoms with van der Waals surface area (Å²) in [5.41, 5.74) is 3.68. The van der Waals surface area contributed by atoms with Crippen molar-refractivity contribution in [2.24, 2.45) is 5.92 Å². The summed E-state index contributed by atoms with van der Waals surface area (Å²) in [6.07, 6.45) is 4.34. The Hall–Kier alpha value is -2.24. The smallest absolute Gasteiger partial charge is 0.223 e. The Bertz CT molecular complexity index is 825. The van der Waals surface area contributed by atoms with Crippen molar-refractivity contribution in [1.82, 2.24) is 15.1 Å². The standard InChI is InChI=1S/C25H32FN3O/c26-24-9-7-20(8-10-24)18-29-15-11-21(12-16-29)25(30)27-17-22-5-1-2-6-23(22)19-28-13-3-4-14-28/h1-2,5-10,21H,3-4,11-19H2,(H,27,30). The molecule has 2 aromatic carbocycles. The SMILES string of the molecule is O=C(NCc1ccccc1CN1CCCC1)C1CCN(Cc2ccc(F)cc2)CC1. The fourth-order valence-corrected chi connectivity index (χ4v) is 4.59. The van der Waals surface area contributed by atoms with Crippen molar-refractivity contribution in [3.63, 3.8) is 0 Å². The molecule has 2 aliphatic heterocycles. The Kier molecular flexibility index (Phi) is 7.13. The van der Waals surface area contributed by atoms with Gasteiger partial charge in [0.1, 0.15) is 5.82 Å². The lowest BCUT2D eigenvalue weighted by Gasteiger charge is -2.31. The predicted octanol–water partition coefficient (Wildman–Crippen LogP) is 3.95. The molecule has 1 amide bonds. The molecular formula is C25H32FN3O. The fraction of sp³-hybridized carbons (Fsp3) is 0.480. The van der Waals surface area contributed by atoms with Crippen LogP contribution >= 0.6 is 0 Å². The monoisotopic (exact) mass is 409 g/mol. The molecule has 4 nitrogen and oxygen atoms in total. The molecule has 4 rings (SSSR count). The summed E-state index contributed by atoms with van der Waals surface area (Å²) in [7, 11) is 0. The molecule has 2 fully saturated rings. The van der Waals surface area contributed by atoms with Crippen LogP contribution in [-0.2, 0) is 24.4 Å². The average Bonchev–Trinajstić information content (AvgIpc) is 3.28. The van der Waals surface area contributed by atoms with E-state index >= 15 is 0 Å². The van der Waals surface area contributed by atoms with Crippen molar-refractivity contribution in [1.29, 1.82) is 0 Å². The highest BCUT2D eigenvalue weighted by atomic mass is 19.1. The fourth-order valence-electron chi connectivity index (χ4n) is 4.59. The Labute approximate surface area is 179 Å². The van der Waals surface area contributed by atoms with E-state index in [4.69, 9.17) is 0 Å². The van der Waals surface area contributed by atoms with Gasteiger partial charge in [0.15, 0.2) is 0 Å². The maximum absolute atomic E-state index is 13.1. The number of hydrogen-bond acceptors (Lipinski definition) is 3. The van der Waals surface area contributed by atoms with E-state index in [0.29, 0.717) is 6.54 Å². The molecule has 0 aliphatic carbocycles. The summed E-state index contributed by atoms with van der Waals surface area (Å²) in [4.78, 5) is 17.6. The Balaban J connectivity index is 1.24. The van der Waals surface area contributed by atoms with Gasteiger partial charge in [-0.1, -0.05) is 36.4 Å². The first kappa shape index (κ1) is 21.0. The first-order valence-corrected chi connectivity index (χ1v) is 11.2. The van der Waals surface area contributed by atoms with Gasteiger partial charge in [0.25, 0.3) is 0 Å². The van der Waals surface area contributed by atoms with Crippen LogP contribution in [0.3, 0.4) is 0 Å². The predicted molar refractivity (Wildman–Crippen MR) is 117 cm³/mol. The molecule has 0 radical (unpaired) electrons. The van der Waals surface area contributed by atoms with Gasteiger partial charge in [0.05, 0.1) is 0 Å². The highest BCUT2D eigenvalue weighted by molar-refractivity contribution is 5.78. The molecule has 2 heterocycles. The zero-order valence-corrected chi connectivity index (χ0v) is 17.7. The number of hydrogen-bond donors (Lipinski definition) is 1. The summed E-state index contributed by atoms with van der Waals surface area (Å²) in [5, 5.41) is 3.19. The average molecular weight is 410 g/mol. The van der Waals surface area contributed by atoms with Crippen LogP contribution in [0.15, 0.2) is 48.5 Å². The molecule has 0 aromatic heterocycles. The number of piperidine rings is 1. The van der Waals surface area contributed by atoms with Crippen LogP contribution < -0.4 is 5.32 Å². The molecule has 5 heteroatoms. The molecule has 30 heavy (non-hydrogen) atoms. The van der Waals surface area contributed by atoms with Crippen molar-refractivity contribution in [2.75, 3.05) is 26.2 Å². The van der Waals surface area contributed by atoms with Gasteiger partial charge in [0, 0.05) is 25.6 Å². The van der Waals surface area contributed by atoms with E-state index in [1.54, 1.807) is 0 Å². The lowest BCUT2D eigenvalue weighted by Crippen LogP contribution is -2.40. The van der Waals surface area contributed by atoms with Gasteiger partial charge >= 0.3 is 0 Å². The number of nitrogens with one attached hydrogen (secondary N) is 1. The maximum Gasteiger partial charge on any atom is 0.223 e. The number of amides is 1. The van der Waals surface area contributed by atoms with Crippen molar-refractivity contribution in [3.05, 3.63) is 71.0 Å². The number of halogens is 1. The van der Waals surface area contributed by atoms with Crippen molar-refractivity contribution in [3.8, 4) is 0 Å². The van der Waals surface area contributed by atoms with Gasteiger partial charge in [-0.2, -0.15) is 0 Å². The van der Waals surface area contributed by atoms with Crippen LogP contribution in [-0.4, -0.2) is 41.9 Å². The number of carbonyl (C=O) groups excluding carboxylic acids is 1. The van der Waals surface area contributed by atoms with E-state index in [2.05, 4.69) is 39.4 Å². The van der Waals surface area contributed by atoms with Crippen LogP contribution in [0.1, 0.15) is 42.4 Å². The van der Waals surface area contributed by atoms with E-state index in [-0.39, 0.29) is 17.6 Å². The van der Waals surface area contributed by atoms with Gasteiger partial charge < -0.3 is 5.32 Å². The van der Waals surface area contributed by atoms with Crippen molar-refractivity contribution in [2.45, 2.75) is 45.3 Å². The molecule has 0 spiro atoms.